The van der Waals surface area contributed by atoms with E-state index in [2.05, 4.69) is 10.3 Å². The van der Waals surface area contributed by atoms with Gasteiger partial charge in [-0.3, -0.25) is 10.1 Å². The molecule has 1 aromatic heterocycles. The molecule has 1 heterocycles. The monoisotopic (exact) mass is 401 g/mol. The van der Waals surface area contributed by atoms with Gasteiger partial charge in [-0.05, 0) is 24.3 Å². The lowest BCUT2D eigenvalue weighted by atomic mass is 10.1. The SMILES string of the molecule is COc1ccc(-c2csc(-c3cccc(NCC(O)CO)c3)n2)cc1[N+](=O)[O-]. The van der Waals surface area contributed by atoms with E-state index in [9.17, 15) is 15.2 Å². The molecule has 0 radical (unpaired) electrons. The highest BCUT2D eigenvalue weighted by Crippen LogP contribution is 2.34. The highest BCUT2D eigenvalue weighted by molar-refractivity contribution is 7.13. The maximum Gasteiger partial charge on any atom is 0.311 e. The predicted molar refractivity (Wildman–Crippen MR) is 108 cm³/mol. The molecule has 0 saturated carbocycles. The molecule has 0 bridgehead atoms. The number of hydrogen-bond donors (Lipinski definition) is 3. The van der Waals surface area contributed by atoms with Crippen LogP contribution in [0.3, 0.4) is 0 Å². The van der Waals surface area contributed by atoms with Gasteiger partial charge >= 0.3 is 5.69 Å². The van der Waals surface area contributed by atoms with E-state index in [-0.39, 0.29) is 24.6 Å². The first-order valence-electron chi connectivity index (χ1n) is 8.43. The fourth-order valence-corrected chi connectivity index (χ4v) is 3.42. The van der Waals surface area contributed by atoms with Crippen molar-refractivity contribution in [1.29, 1.82) is 0 Å². The van der Waals surface area contributed by atoms with Crippen LogP contribution in [0.25, 0.3) is 21.8 Å². The number of aliphatic hydroxyl groups is 2. The number of nitro groups is 1. The molecule has 3 N–H and O–H groups in total. The molecule has 0 amide bonds. The number of ether oxygens (including phenoxy) is 1. The molecule has 0 saturated heterocycles. The Bertz CT molecular complexity index is 976. The van der Waals surface area contributed by atoms with Crippen molar-refractivity contribution in [1.82, 2.24) is 4.98 Å². The topological polar surface area (TPSA) is 118 Å². The van der Waals surface area contributed by atoms with Crippen molar-refractivity contribution >= 4 is 22.7 Å². The number of aliphatic hydroxyl groups excluding tert-OH is 2. The normalized spacial score (nSPS) is 11.8. The Balaban J connectivity index is 1.85. The van der Waals surface area contributed by atoms with Gasteiger partial charge in [-0.2, -0.15) is 0 Å². The van der Waals surface area contributed by atoms with Crippen LogP contribution in [0.1, 0.15) is 0 Å². The van der Waals surface area contributed by atoms with Gasteiger partial charge in [-0.1, -0.05) is 12.1 Å². The number of nitro benzene ring substituents is 1. The van der Waals surface area contributed by atoms with Crippen LogP contribution in [0.4, 0.5) is 11.4 Å². The average molecular weight is 401 g/mol. The lowest BCUT2D eigenvalue weighted by molar-refractivity contribution is -0.385. The molecule has 0 aliphatic carbocycles. The Labute approximate surface area is 165 Å². The summed E-state index contributed by atoms with van der Waals surface area (Å²) in [5, 5.41) is 35.2. The van der Waals surface area contributed by atoms with E-state index >= 15 is 0 Å². The summed E-state index contributed by atoms with van der Waals surface area (Å²) in [4.78, 5) is 15.3. The summed E-state index contributed by atoms with van der Waals surface area (Å²) < 4.78 is 5.03. The molecular weight excluding hydrogens is 382 g/mol. The molecule has 0 spiro atoms. The maximum absolute atomic E-state index is 11.2. The second-order valence-electron chi connectivity index (χ2n) is 5.98. The van der Waals surface area contributed by atoms with E-state index in [4.69, 9.17) is 9.84 Å². The van der Waals surface area contributed by atoms with E-state index in [1.807, 2.05) is 29.6 Å². The predicted octanol–water partition coefficient (Wildman–Crippen LogP) is 3.16. The van der Waals surface area contributed by atoms with Gasteiger partial charge in [0.2, 0.25) is 0 Å². The van der Waals surface area contributed by atoms with Gasteiger partial charge in [0.15, 0.2) is 5.75 Å². The summed E-state index contributed by atoms with van der Waals surface area (Å²) in [6, 6.07) is 12.3. The number of anilines is 1. The van der Waals surface area contributed by atoms with Crippen LogP contribution in [0.15, 0.2) is 47.8 Å². The van der Waals surface area contributed by atoms with Gasteiger partial charge < -0.3 is 20.3 Å². The van der Waals surface area contributed by atoms with E-state index in [1.54, 1.807) is 12.1 Å². The quantitative estimate of drug-likeness (QED) is 0.392. The Kier molecular flexibility index (Phi) is 6.19. The number of methoxy groups -OCH3 is 1. The molecule has 0 aliphatic heterocycles. The number of thiazole rings is 1. The highest BCUT2D eigenvalue weighted by Gasteiger charge is 2.17. The number of nitrogens with zero attached hydrogens (tertiary/aromatic N) is 2. The summed E-state index contributed by atoms with van der Waals surface area (Å²) in [5.41, 5.74) is 2.84. The number of aromatic nitrogens is 1. The minimum Gasteiger partial charge on any atom is -0.490 e. The zero-order valence-electron chi connectivity index (χ0n) is 15.0. The van der Waals surface area contributed by atoms with Crippen molar-refractivity contribution in [3.05, 3.63) is 58.0 Å². The van der Waals surface area contributed by atoms with Crippen molar-refractivity contribution in [3.63, 3.8) is 0 Å². The van der Waals surface area contributed by atoms with Crippen molar-refractivity contribution in [2.75, 3.05) is 25.6 Å². The van der Waals surface area contributed by atoms with Gasteiger partial charge in [0, 0.05) is 34.8 Å². The van der Waals surface area contributed by atoms with Gasteiger partial charge in [-0.25, -0.2) is 4.98 Å². The van der Waals surface area contributed by atoms with E-state index in [0.29, 0.717) is 11.3 Å². The second kappa shape index (κ2) is 8.79. The molecule has 28 heavy (non-hydrogen) atoms. The third-order valence-electron chi connectivity index (χ3n) is 4.04. The summed E-state index contributed by atoms with van der Waals surface area (Å²) >= 11 is 1.43. The largest absolute Gasteiger partial charge is 0.490 e. The summed E-state index contributed by atoms with van der Waals surface area (Å²) in [6.45, 7) is -0.0743. The van der Waals surface area contributed by atoms with Crippen LogP contribution in [-0.4, -0.2) is 46.5 Å². The van der Waals surface area contributed by atoms with Crippen molar-refractivity contribution < 1.29 is 19.9 Å². The van der Waals surface area contributed by atoms with Crippen LogP contribution >= 0.6 is 11.3 Å². The minimum absolute atomic E-state index is 0.108. The Morgan fingerprint density at radius 2 is 2.11 bits per heavy atom. The zero-order valence-corrected chi connectivity index (χ0v) is 15.8. The first kappa shape index (κ1) is 19.7. The van der Waals surface area contributed by atoms with Gasteiger partial charge in [0.05, 0.1) is 30.4 Å². The van der Waals surface area contributed by atoms with Gasteiger partial charge in [0.1, 0.15) is 5.01 Å². The number of rotatable bonds is 8. The molecule has 3 rings (SSSR count). The third-order valence-corrected chi connectivity index (χ3v) is 4.93. The van der Waals surface area contributed by atoms with Crippen LogP contribution in [0.2, 0.25) is 0 Å². The van der Waals surface area contributed by atoms with E-state index in [1.165, 1.54) is 24.5 Å². The molecule has 1 unspecified atom stereocenters. The first-order chi connectivity index (χ1) is 13.5. The number of nitrogens with one attached hydrogen (secondary N) is 1. The molecule has 2 aromatic carbocycles. The molecular formula is C19H19N3O5S. The number of hydrogen-bond acceptors (Lipinski definition) is 8. The summed E-state index contributed by atoms with van der Waals surface area (Å²) in [6.07, 6.45) is -0.832. The Morgan fingerprint density at radius 1 is 1.29 bits per heavy atom. The van der Waals surface area contributed by atoms with Crippen LogP contribution < -0.4 is 10.1 Å². The zero-order chi connectivity index (χ0) is 20.1. The summed E-state index contributed by atoms with van der Waals surface area (Å²) in [5.74, 6) is 0.202. The fourth-order valence-electron chi connectivity index (χ4n) is 2.59. The van der Waals surface area contributed by atoms with Crippen LogP contribution in [0, 0.1) is 10.1 Å². The fraction of sp³-hybridized carbons (Fsp3) is 0.211. The lowest BCUT2D eigenvalue weighted by Crippen LogP contribution is -2.22. The first-order valence-corrected chi connectivity index (χ1v) is 9.31. The highest BCUT2D eigenvalue weighted by atomic mass is 32.1. The minimum atomic E-state index is -0.832. The molecule has 0 fully saturated rings. The van der Waals surface area contributed by atoms with Gasteiger partial charge in [-0.15, -0.1) is 11.3 Å². The number of benzene rings is 2. The molecule has 0 aliphatic rings. The molecule has 3 aromatic rings. The average Bonchev–Trinajstić information content (AvgIpc) is 3.22. The van der Waals surface area contributed by atoms with Crippen molar-refractivity contribution in [2.45, 2.75) is 6.10 Å². The summed E-state index contributed by atoms with van der Waals surface area (Å²) in [7, 11) is 1.39. The smallest absolute Gasteiger partial charge is 0.311 e. The molecule has 146 valence electrons. The maximum atomic E-state index is 11.2. The van der Waals surface area contributed by atoms with Gasteiger partial charge in [0.25, 0.3) is 0 Å². The van der Waals surface area contributed by atoms with Crippen LogP contribution in [0.5, 0.6) is 5.75 Å². The second-order valence-corrected chi connectivity index (χ2v) is 6.84. The lowest BCUT2D eigenvalue weighted by Gasteiger charge is -2.10. The standard InChI is InChI=1S/C19H19N3O5S/c1-27-18-6-5-12(8-17(18)22(25)26)16-11-28-19(21-16)13-3-2-4-14(7-13)20-9-15(24)10-23/h2-8,11,15,20,23-24H,9-10H2,1H3. The molecule has 9 heteroatoms. The van der Waals surface area contributed by atoms with E-state index in [0.717, 1.165) is 16.3 Å². The Morgan fingerprint density at radius 3 is 2.82 bits per heavy atom. The molecule has 1 atom stereocenters. The van der Waals surface area contributed by atoms with Crippen LogP contribution in [-0.2, 0) is 0 Å². The van der Waals surface area contributed by atoms with Crippen molar-refractivity contribution in [3.8, 4) is 27.6 Å². The van der Waals surface area contributed by atoms with Crippen molar-refractivity contribution in [2.24, 2.45) is 0 Å². The molecule has 8 nitrogen and oxygen atoms in total. The third kappa shape index (κ3) is 4.45. The Hall–Kier alpha value is -3.01. The van der Waals surface area contributed by atoms with E-state index < -0.39 is 11.0 Å².